The minimum Gasteiger partial charge on any atom is -0.449 e. The number of hydrogen-bond acceptors (Lipinski definition) is 6. The smallest absolute Gasteiger partial charge is 0.342 e. The van der Waals surface area contributed by atoms with Crippen LogP contribution in [0, 0.1) is 0 Å². The normalized spacial score (nSPS) is 14.0. The van der Waals surface area contributed by atoms with Gasteiger partial charge in [0, 0.05) is 12.2 Å². The zero-order valence-electron chi connectivity index (χ0n) is 16.2. The number of thiophene rings is 1. The van der Waals surface area contributed by atoms with E-state index in [2.05, 4.69) is 15.7 Å². The van der Waals surface area contributed by atoms with E-state index in [0.29, 0.717) is 5.69 Å². The minimum atomic E-state index is -1.14. The van der Waals surface area contributed by atoms with E-state index in [1.165, 1.54) is 18.3 Å². The van der Waals surface area contributed by atoms with E-state index in [1.807, 2.05) is 47.8 Å². The van der Waals surface area contributed by atoms with E-state index in [-0.39, 0.29) is 11.6 Å². The summed E-state index contributed by atoms with van der Waals surface area (Å²) in [5.41, 5.74) is 1.50. The molecule has 9 heteroatoms. The second-order valence-electron chi connectivity index (χ2n) is 6.93. The molecule has 0 bridgehead atoms. The number of amides is 3. The van der Waals surface area contributed by atoms with Crippen LogP contribution in [0.5, 0.6) is 0 Å². The molecule has 3 aromatic rings. The highest BCUT2D eigenvalue weighted by Gasteiger charge is 2.27. The molecule has 1 unspecified atom stereocenters. The van der Waals surface area contributed by atoms with Gasteiger partial charge in [0.1, 0.15) is 11.3 Å². The Labute approximate surface area is 176 Å². The van der Waals surface area contributed by atoms with Crippen LogP contribution in [0.15, 0.2) is 54.0 Å². The average Bonchev–Trinajstić information content (AvgIpc) is 3.21. The Balaban J connectivity index is 1.51. The van der Waals surface area contributed by atoms with Crippen molar-refractivity contribution in [2.45, 2.75) is 31.9 Å². The lowest BCUT2D eigenvalue weighted by Gasteiger charge is -2.13. The SMILES string of the molecule is CC(OC(=O)c1cn(-c2ccccc2)nc1-c1cccs1)C(=O)NC(=O)NC1CC1. The molecule has 1 aliphatic rings. The van der Waals surface area contributed by atoms with Crippen molar-refractivity contribution in [1.29, 1.82) is 0 Å². The van der Waals surface area contributed by atoms with Crippen molar-refractivity contribution in [3.63, 3.8) is 0 Å². The first-order valence-electron chi connectivity index (χ1n) is 9.52. The maximum Gasteiger partial charge on any atom is 0.342 e. The summed E-state index contributed by atoms with van der Waals surface area (Å²) in [6, 6.07) is 12.6. The van der Waals surface area contributed by atoms with Gasteiger partial charge in [-0.1, -0.05) is 24.3 Å². The summed E-state index contributed by atoms with van der Waals surface area (Å²) in [6.07, 6.45) is 2.25. The number of rotatable bonds is 6. The summed E-state index contributed by atoms with van der Waals surface area (Å²) in [5.74, 6) is -1.37. The Kier molecular flexibility index (Phi) is 5.62. The number of imide groups is 1. The molecule has 0 radical (unpaired) electrons. The highest BCUT2D eigenvalue weighted by molar-refractivity contribution is 7.13. The first kappa shape index (κ1) is 19.8. The molecule has 0 spiro atoms. The number of benzene rings is 1. The highest BCUT2D eigenvalue weighted by Crippen LogP contribution is 2.28. The lowest BCUT2D eigenvalue weighted by molar-refractivity contribution is -0.127. The fraction of sp³-hybridized carbons (Fsp3) is 0.238. The summed E-state index contributed by atoms with van der Waals surface area (Å²) < 4.78 is 6.92. The molecular weight excluding hydrogens is 404 g/mol. The van der Waals surface area contributed by atoms with Crippen LogP contribution < -0.4 is 10.6 Å². The van der Waals surface area contributed by atoms with Gasteiger partial charge in [-0.2, -0.15) is 5.10 Å². The average molecular weight is 424 g/mol. The summed E-state index contributed by atoms with van der Waals surface area (Å²) in [6.45, 7) is 1.42. The zero-order chi connectivity index (χ0) is 21.1. The van der Waals surface area contributed by atoms with Gasteiger partial charge < -0.3 is 10.1 Å². The van der Waals surface area contributed by atoms with Gasteiger partial charge in [-0.3, -0.25) is 10.1 Å². The number of aromatic nitrogens is 2. The van der Waals surface area contributed by atoms with Crippen LogP contribution in [-0.4, -0.2) is 39.8 Å². The Morgan fingerprint density at radius 1 is 1.17 bits per heavy atom. The Morgan fingerprint density at radius 3 is 2.60 bits per heavy atom. The van der Waals surface area contributed by atoms with Crippen molar-refractivity contribution >= 4 is 29.2 Å². The van der Waals surface area contributed by atoms with Gasteiger partial charge in [0.15, 0.2) is 6.10 Å². The quantitative estimate of drug-likeness (QED) is 0.592. The molecule has 1 aromatic carbocycles. The number of esters is 1. The molecule has 0 saturated heterocycles. The third-order valence-corrected chi connectivity index (χ3v) is 5.39. The summed E-state index contributed by atoms with van der Waals surface area (Å²) >= 11 is 1.45. The Bertz CT molecular complexity index is 1060. The number of nitrogens with zero attached hydrogens (tertiary/aromatic N) is 2. The van der Waals surface area contributed by atoms with Crippen molar-refractivity contribution in [3.05, 3.63) is 59.6 Å². The maximum atomic E-state index is 12.8. The molecule has 1 fully saturated rings. The van der Waals surface area contributed by atoms with Crippen molar-refractivity contribution in [2.24, 2.45) is 0 Å². The summed E-state index contributed by atoms with van der Waals surface area (Å²) in [4.78, 5) is 37.6. The Morgan fingerprint density at radius 2 is 1.93 bits per heavy atom. The predicted molar refractivity (Wildman–Crippen MR) is 111 cm³/mol. The number of carbonyl (C=O) groups is 3. The van der Waals surface area contributed by atoms with Crippen molar-refractivity contribution in [1.82, 2.24) is 20.4 Å². The fourth-order valence-electron chi connectivity index (χ4n) is 2.77. The van der Waals surface area contributed by atoms with Gasteiger partial charge in [0.25, 0.3) is 5.91 Å². The van der Waals surface area contributed by atoms with Crippen molar-refractivity contribution in [2.75, 3.05) is 0 Å². The van der Waals surface area contributed by atoms with Crippen LogP contribution in [0.25, 0.3) is 16.3 Å². The van der Waals surface area contributed by atoms with E-state index < -0.39 is 24.0 Å². The minimum absolute atomic E-state index is 0.118. The second-order valence-corrected chi connectivity index (χ2v) is 7.88. The molecule has 4 rings (SSSR count). The highest BCUT2D eigenvalue weighted by atomic mass is 32.1. The number of para-hydroxylation sites is 1. The molecule has 2 heterocycles. The van der Waals surface area contributed by atoms with Gasteiger partial charge >= 0.3 is 12.0 Å². The van der Waals surface area contributed by atoms with E-state index >= 15 is 0 Å². The molecule has 8 nitrogen and oxygen atoms in total. The lowest BCUT2D eigenvalue weighted by atomic mass is 10.2. The molecule has 2 N–H and O–H groups in total. The first-order valence-corrected chi connectivity index (χ1v) is 10.4. The molecule has 30 heavy (non-hydrogen) atoms. The first-order chi connectivity index (χ1) is 14.5. The molecule has 1 aliphatic carbocycles. The standard InChI is InChI=1S/C21H20N4O4S/c1-13(19(26)23-21(28)22-14-9-10-14)29-20(27)16-12-25(15-6-3-2-4-7-15)24-18(16)17-8-5-11-30-17/h2-8,11-14H,9-10H2,1H3,(H2,22,23,26,28). The van der Waals surface area contributed by atoms with Gasteiger partial charge in [-0.05, 0) is 43.3 Å². The van der Waals surface area contributed by atoms with Gasteiger partial charge in [-0.25, -0.2) is 14.3 Å². The number of hydrogen-bond donors (Lipinski definition) is 2. The van der Waals surface area contributed by atoms with Gasteiger partial charge in [-0.15, -0.1) is 11.3 Å². The topological polar surface area (TPSA) is 102 Å². The van der Waals surface area contributed by atoms with Crippen LogP contribution >= 0.6 is 11.3 Å². The molecule has 1 atom stereocenters. The molecular formula is C21H20N4O4S. The van der Waals surface area contributed by atoms with Gasteiger partial charge in [0.2, 0.25) is 0 Å². The second kappa shape index (κ2) is 8.50. The van der Waals surface area contributed by atoms with Gasteiger partial charge in [0.05, 0.1) is 10.6 Å². The van der Waals surface area contributed by atoms with Crippen molar-refractivity contribution < 1.29 is 19.1 Å². The third-order valence-electron chi connectivity index (χ3n) is 4.51. The van der Waals surface area contributed by atoms with E-state index in [4.69, 9.17) is 4.74 Å². The monoisotopic (exact) mass is 424 g/mol. The Hall–Kier alpha value is -3.46. The number of urea groups is 1. The van der Waals surface area contributed by atoms with Crippen LogP contribution in [0.4, 0.5) is 4.79 Å². The molecule has 2 aromatic heterocycles. The largest absolute Gasteiger partial charge is 0.449 e. The predicted octanol–water partition coefficient (Wildman–Crippen LogP) is 3.13. The van der Waals surface area contributed by atoms with E-state index in [1.54, 1.807) is 10.9 Å². The van der Waals surface area contributed by atoms with Crippen molar-refractivity contribution in [3.8, 4) is 16.3 Å². The van der Waals surface area contributed by atoms with Crippen LogP contribution in [-0.2, 0) is 9.53 Å². The zero-order valence-corrected chi connectivity index (χ0v) is 17.0. The third kappa shape index (κ3) is 4.57. The summed E-state index contributed by atoms with van der Waals surface area (Å²) in [7, 11) is 0. The van der Waals surface area contributed by atoms with Crippen LogP contribution in [0.2, 0.25) is 0 Å². The summed E-state index contributed by atoms with van der Waals surface area (Å²) in [5, 5.41) is 11.3. The van der Waals surface area contributed by atoms with Crippen LogP contribution in [0.3, 0.4) is 0 Å². The van der Waals surface area contributed by atoms with E-state index in [0.717, 1.165) is 23.4 Å². The molecule has 0 aliphatic heterocycles. The fourth-order valence-corrected chi connectivity index (χ4v) is 3.50. The molecule has 154 valence electrons. The lowest BCUT2D eigenvalue weighted by Crippen LogP contribution is -2.45. The number of carbonyl (C=O) groups excluding carboxylic acids is 3. The van der Waals surface area contributed by atoms with Crippen LogP contribution in [0.1, 0.15) is 30.1 Å². The number of nitrogens with one attached hydrogen (secondary N) is 2. The molecule has 3 amide bonds. The number of ether oxygens (including phenoxy) is 1. The molecule has 1 saturated carbocycles. The van der Waals surface area contributed by atoms with E-state index in [9.17, 15) is 14.4 Å². The maximum absolute atomic E-state index is 12.8.